The number of ether oxygens (including phenoxy) is 2. The van der Waals surface area contributed by atoms with Gasteiger partial charge in [-0.25, -0.2) is 4.98 Å². The van der Waals surface area contributed by atoms with Gasteiger partial charge in [-0.1, -0.05) is 22.0 Å². The summed E-state index contributed by atoms with van der Waals surface area (Å²) in [7, 11) is 0. The van der Waals surface area contributed by atoms with Gasteiger partial charge in [-0.3, -0.25) is 10.1 Å². The Morgan fingerprint density at radius 3 is 2.69 bits per heavy atom. The van der Waals surface area contributed by atoms with Gasteiger partial charge in [-0.05, 0) is 66.8 Å². The van der Waals surface area contributed by atoms with Gasteiger partial charge in [0.2, 0.25) is 5.89 Å². The summed E-state index contributed by atoms with van der Waals surface area (Å²) in [5.41, 5.74) is 3.29. The molecule has 1 aliphatic heterocycles. The number of nitrogens with zero attached hydrogens (tertiary/aromatic N) is 1. The van der Waals surface area contributed by atoms with Crippen molar-refractivity contribution in [3.05, 3.63) is 70.7 Å². The van der Waals surface area contributed by atoms with Gasteiger partial charge in [0.1, 0.15) is 18.7 Å². The summed E-state index contributed by atoms with van der Waals surface area (Å²) in [6, 6.07) is 18.2. The van der Waals surface area contributed by atoms with Gasteiger partial charge in [0.15, 0.2) is 22.2 Å². The van der Waals surface area contributed by atoms with Crippen molar-refractivity contribution in [1.29, 1.82) is 0 Å². The molecule has 0 aliphatic carbocycles. The van der Waals surface area contributed by atoms with Crippen molar-refractivity contribution in [2.45, 2.75) is 0 Å². The lowest BCUT2D eigenvalue weighted by Gasteiger charge is -2.18. The van der Waals surface area contributed by atoms with E-state index in [1.807, 2.05) is 30.3 Å². The third-order valence-corrected chi connectivity index (χ3v) is 5.45. The molecule has 4 aromatic rings. The summed E-state index contributed by atoms with van der Waals surface area (Å²) >= 11 is 8.76. The van der Waals surface area contributed by atoms with Crippen LogP contribution in [-0.2, 0) is 0 Å². The maximum Gasteiger partial charge on any atom is 0.257 e. The van der Waals surface area contributed by atoms with Crippen molar-refractivity contribution < 1.29 is 18.7 Å². The highest BCUT2D eigenvalue weighted by molar-refractivity contribution is 9.10. The van der Waals surface area contributed by atoms with Crippen LogP contribution in [0.2, 0.25) is 0 Å². The Kier molecular flexibility index (Phi) is 5.50. The summed E-state index contributed by atoms with van der Waals surface area (Å²) in [6.45, 7) is 0.943. The minimum atomic E-state index is -0.348. The molecule has 7 nitrogen and oxygen atoms in total. The van der Waals surface area contributed by atoms with Gasteiger partial charge in [-0.15, -0.1) is 0 Å². The second kappa shape index (κ2) is 8.60. The molecule has 1 amide bonds. The standard InChI is InChI=1S/C23H16BrN3O4S/c24-15-3-1-2-14(10-15)22-26-17-12-16(5-7-18(17)31-22)25-23(32)27-21(28)13-4-6-19-20(11-13)30-9-8-29-19/h1-7,10-12H,8-9H2,(H2,25,27,28,32). The molecular weight excluding hydrogens is 494 g/mol. The molecule has 0 bridgehead atoms. The van der Waals surface area contributed by atoms with Gasteiger partial charge in [0, 0.05) is 21.3 Å². The fourth-order valence-corrected chi connectivity index (χ4v) is 3.88. The van der Waals surface area contributed by atoms with Crippen LogP contribution >= 0.6 is 28.1 Å². The molecule has 2 N–H and O–H groups in total. The Morgan fingerprint density at radius 1 is 1.00 bits per heavy atom. The molecule has 0 spiro atoms. The predicted octanol–water partition coefficient (Wildman–Crippen LogP) is 5.16. The molecule has 1 aliphatic rings. The van der Waals surface area contributed by atoms with Crippen LogP contribution in [0, 0.1) is 0 Å². The Balaban J connectivity index is 1.28. The van der Waals surface area contributed by atoms with Crippen molar-refractivity contribution in [3.8, 4) is 23.0 Å². The third kappa shape index (κ3) is 4.30. The molecule has 1 aromatic heterocycles. The lowest BCUT2D eigenvalue weighted by Crippen LogP contribution is -2.34. The van der Waals surface area contributed by atoms with Gasteiger partial charge in [0.25, 0.3) is 5.91 Å². The Bertz CT molecular complexity index is 1350. The number of aromatic nitrogens is 1. The Morgan fingerprint density at radius 2 is 1.84 bits per heavy atom. The van der Waals surface area contributed by atoms with Crippen LogP contribution in [0.4, 0.5) is 5.69 Å². The highest BCUT2D eigenvalue weighted by Gasteiger charge is 2.16. The molecule has 0 atom stereocenters. The lowest BCUT2D eigenvalue weighted by atomic mass is 10.2. The first-order valence-corrected chi connectivity index (χ1v) is 10.9. The van der Waals surface area contributed by atoms with Gasteiger partial charge < -0.3 is 19.2 Å². The maximum atomic E-state index is 12.6. The second-order valence-corrected chi connectivity index (χ2v) is 8.30. The average Bonchev–Trinajstić information content (AvgIpc) is 3.22. The Hall–Kier alpha value is -3.43. The van der Waals surface area contributed by atoms with E-state index in [4.69, 9.17) is 26.1 Å². The molecule has 2 heterocycles. The summed E-state index contributed by atoms with van der Waals surface area (Å²) in [5.74, 6) is 1.34. The van der Waals surface area contributed by atoms with Crippen LogP contribution in [0.1, 0.15) is 10.4 Å². The van der Waals surface area contributed by atoms with Crippen LogP contribution in [0.25, 0.3) is 22.6 Å². The monoisotopic (exact) mass is 509 g/mol. The van der Waals surface area contributed by atoms with Crippen LogP contribution in [0.15, 0.2) is 69.6 Å². The molecule has 0 radical (unpaired) electrons. The van der Waals surface area contributed by atoms with Gasteiger partial charge >= 0.3 is 0 Å². The Labute approximate surface area is 196 Å². The first-order chi connectivity index (χ1) is 15.5. The number of hydrogen-bond donors (Lipinski definition) is 2. The molecule has 9 heteroatoms. The van der Waals surface area contributed by atoms with Gasteiger partial charge in [-0.2, -0.15) is 0 Å². The zero-order valence-electron chi connectivity index (χ0n) is 16.6. The summed E-state index contributed by atoms with van der Waals surface area (Å²) in [4.78, 5) is 17.1. The highest BCUT2D eigenvalue weighted by atomic mass is 79.9. The largest absolute Gasteiger partial charge is 0.486 e. The topological polar surface area (TPSA) is 85.6 Å². The average molecular weight is 510 g/mol. The first-order valence-electron chi connectivity index (χ1n) is 9.74. The molecular formula is C23H16BrN3O4S. The fourth-order valence-electron chi connectivity index (χ4n) is 3.27. The van der Waals surface area contributed by atoms with E-state index in [2.05, 4.69) is 31.5 Å². The van der Waals surface area contributed by atoms with Gasteiger partial charge in [0.05, 0.1) is 0 Å². The van der Waals surface area contributed by atoms with E-state index in [1.54, 1.807) is 30.3 Å². The van der Waals surface area contributed by atoms with E-state index in [0.29, 0.717) is 53.0 Å². The van der Waals surface area contributed by atoms with E-state index >= 15 is 0 Å². The van der Waals surface area contributed by atoms with Crippen molar-refractivity contribution >= 4 is 56.0 Å². The number of halogens is 1. The zero-order chi connectivity index (χ0) is 22.1. The molecule has 5 rings (SSSR count). The number of anilines is 1. The summed E-state index contributed by atoms with van der Waals surface area (Å²) in [6.07, 6.45) is 0. The molecule has 0 fully saturated rings. The van der Waals surface area contributed by atoms with E-state index in [-0.39, 0.29) is 11.0 Å². The van der Waals surface area contributed by atoms with Crippen LogP contribution in [0.5, 0.6) is 11.5 Å². The quantitative estimate of drug-likeness (QED) is 0.369. The number of hydrogen-bond acceptors (Lipinski definition) is 6. The molecule has 160 valence electrons. The normalized spacial score (nSPS) is 12.4. The molecule has 0 saturated carbocycles. The number of fused-ring (bicyclic) bond motifs is 2. The number of thiocarbonyl (C=S) groups is 1. The molecule has 3 aromatic carbocycles. The van der Waals surface area contributed by atoms with Crippen LogP contribution in [-0.4, -0.2) is 29.2 Å². The predicted molar refractivity (Wildman–Crippen MR) is 128 cm³/mol. The smallest absolute Gasteiger partial charge is 0.257 e. The molecule has 32 heavy (non-hydrogen) atoms. The highest BCUT2D eigenvalue weighted by Crippen LogP contribution is 2.31. The number of amides is 1. The van der Waals surface area contributed by atoms with Crippen molar-refractivity contribution in [3.63, 3.8) is 0 Å². The van der Waals surface area contributed by atoms with Crippen LogP contribution in [0.3, 0.4) is 0 Å². The van der Waals surface area contributed by atoms with Crippen molar-refractivity contribution in [2.24, 2.45) is 0 Å². The zero-order valence-corrected chi connectivity index (χ0v) is 19.0. The van der Waals surface area contributed by atoms with E-state index in [0.717, 1.165) is 10.0 Å². The minimum Gasteiger partial charge on any atom is -0.486 e. The first kappa shape index (κ1) is 20.5. The number of rotatable bonds is 3. The molecule has 0 saturated heterocycles. The summed E-state index contributed by atoms with van der Waals surface area (Å²) < 4.78 is 17.8. The van der Waals surface area contributed by atoms with E-state index in [1.165, 1.54) is 0 Å². The van der Waals surface area contributed by atoms with Crippen LogP contribution < -0.4 is 20.1 Å². The van der Waals surface area contributed by atoms with Crippen molar-refractivity contribution in [1.82, 2.24) is 10.3 Å². The number of oxazole rings is 1. The lowest BCUT2D eigenvalue weighted by molar-refractivity contribution is 0.0976. The number of carbonyl (C=O) groups is 1. The third-order valence-electron chi connectivity index (χ3n) is 4.75. The van der Waals surface area contributed by atoms with E-state index < -0.39 is 0 Å². The van der Waals surface area contributed by atoms with Crippen molar-refractivity contribution in [2.75, 3.05) is 18.5 Å². The maximum absolute atomic E-state index is 12.6. The SMILES string of the molecule is O=C(NC(=S)Nc1ccc2oc(-c3cccc(Br)c3)nc2c1)c1ccc2c(c1)OCCO2. The molecule has 0 unspecified atom stereocenters. The van der Waals surface area contributed by atoms with E-state index in [9.17, 15) is 4.79 Å². The fraction of sp³-hybridized carbons (Fsp3) is 0.0870. The number of benzene rings is 3. The number of carbonyl (C=O) groups excluding carboxylic acids is 1. The number of nitrogens with one attached hydrogen (secondary N) is 2. The minimum absolute atomic E-state index is 0.167. The summed E-state index contributed by atoms with van der Waals surface area (Å²) in [5, 5.41) is 5.85. The second-order valence-electron chi connectivity index (χ2n) is 6.98.